The standard InChI is InChI=1S/C11H20N4/c1-15-8-10(7-14-15)13-9-11(12)5-3-2-4-6-11/h7-8,13H,2-6,9,12H2,1H3. The van der Waals surface area contributed by atoms with E-state index in [2.05, 4.69) is 10.4 Å². The van der Waals surface area contributed by atoms with E-state index < -0.39 is 0 Å². The van der Waals surface area contributed by atoms with Crippen molar-refractivity contribution in [2.24, 2.45) is 12.8 Å². The first-order valence-electron chi connectivity index (χ1n) is 5.69. The molecule has 0 spiro atoms. The third-order valence-corrected chi connectivity index (χ3v) is 3.20. The van der Waals surface area contributed by atoms with Gasteiger partial charge in [0.2, 0.25) is 0 Å². The van der Waals surface area contributed by atoms with Crippen LogP contribution in [-0.2, 0) is 7.05 Å². The van der Waals surface area contributed by atoms with Crippen molar-refractivity contribution < 1.29 is 0 Å². The summed E-state index contributed by atoms with van der Waals surface area (Å²) in [4.78, 5) is 0. The van der Waals surface area contributed by atoms with Crippen molar-refractivity contribution >= 4 is 5.69 Å². The number of hydrogen-bond donors (Lipinski definition) is 2. The van der Waals surface area contributed by atoms with Gasteiger partial charge < -0.3 is 11.1 Å². The van der Waals surface area contributed by atoms with Gasteiger partial charge >= 0.3 is 0 Å². The fourth-order valence-corrected chi connectivity index (χ4v) is 2.22. The third kappa shape index (κ3) is 2.72. The Hall–Kier alpha value is -1.03. The minimum Gasteiger partial charge on any atom is -0.381 e. The Morgan fingerprint density at radius 3 is 2.80 bits per heavy atom. The van der Waals surface area contributed by atoms with E-state index in [1.807, 2.05) is 19.4 Å². The quantitative estimate of drug-likeness (QED) is 0.791. The lowest BCUT2D eigenvalue weighted by Crippen LogP contribution is -2.47. The molecule has 4 heteroatoms. The second-order valence-electron chi connectivity index (χ2n) is 4.68. The van der Waals surface area contributed by atoms with E-state index in [1.165, 1.54) is 19.3 Å². The Labute approximate surface area is 90.8 Å². The fourth-order valence-electron chi connectivity index (χ4n) is 2.22. The van der Waals surface area contributed by atoms with Gasteiger partial charge in [0, 0.05) is 25.3 Å². The molecule has 4 nitrogen and oxygen atoms in total. The summed E-state index contributed by atoms with van der Waals surface area (Å²) in [5, 5.41) is 7.48. The molecule has 1 aromatic rings. The Morgan fingerprint density at radius 1 is 1.47 bits per heavy atom. The van der Waals surface area contributed by atoms with Crippen molar-refractivity contribution in [3.05, 3.63) is 12.4 Å². The predicted octanol–water partition coefficient (Wildman–Crippen LogP) is 1.49. The van der Waals surface area contributed by atoms with E-state index >= 15 is 0 Å². The van der Waals surface area contributed by atoms with Crippen LogP contribution in [0.15, 0.2) is 12.4 Å². The number of rotatable bonds is 3. The van der Waals surface area contributed by atoms with Crippen molar-refractivity contribution in [3.63, 3.8) is 0 Å². The van der Waals surface area contributed by atoms with Crippen molar-refractivity contribution in [1.82, 2.24) is 9.78 Å². The molecule has 1 heterocycles. The van der Waals surface area contributed by atoms with Gasteiger partial charge in [-0.1, -0.05) is 19.3 Å². The highest BCUT2D eigenvalue weighted by molar-refractivity contribution is 5.38. The van der Waals surface area contributed by atoms with E-state index in [1.54, 1.807) is 4.68 Å². The SMILES string of the molecule is Cn1cc(NCC2(N)CCCCC2)cn1. The highest BCUT2D eigenvalue weighted by atomic mass is 15.3. The molecule has 2 rings (SSSR count). The van der Waals surface area contributed by atoms with Gasteiger partial charge in [0.1, 0.15) is 0 Å². The van der Waals surface area contributed by atoms with Crippen LogP contribution in [0.5, 0.6) is 0 Å². The first-order chi connectivity index (χ1) is 7.18. The van der Waals surface area contributed by atoms with Gasteiger partial charge in [-0.25, -0.2) is 0 Å². The highest BCUT2D eigenvalue weighted by Crippen LogP contribution is 2.26. The number of nitrogens with one attached hydrogen (secondary N) is 1. The summed E-state index contributed by atoms with van der Waals surface area (Å²) in [6.07, 6.45) is 9.97. The Bertz CT molecular complexity index is 312. The van der Waals surface area contributed by atoms with Gasteiger partial charge in [-0.15, -0.1) is 0 Å². The van der Waals surface area contributed by atoms with Crippen LogP contribution in [0.4, 0.5) is 5.69 Å². The van der Waals surface area contributed by atoms with Gasteiger partial charge in [0.25, 0.3) is 0 Å². The number of nitrogens with zero attached hydrogens (tertiary/aromatic N) is 2. The fraction of sp³-hybridized carbons (Fsp3) is 0.727. The van der Waals surface area contributed by atoms with Crippen LogP contribution < -0.4 is 11.1 Å². The molecule has 0 atom stereocenters. The molecule has 1 aromatic heterocycles. The van der Waals surface area contributed by atoms with Crippen LogP contribution >= 0.6 is 0 Å². The van der Waals surface area contributed by atoms with Crippen LogP contribution in [0.3, 0.4) is 0 Å². The van der Waals surface area contributed by atoms with Gasteiger partial charge in [-0.2, -0.15) is 5.10 Å². The molecule has 3 N–H and O–H groups in total. The Kier molecular flexibility index (Phi) is 2.95. The molecule has 0 bridgehead atoms. The molecular formula is C11H20N4. The van der Waals surface area contributed by atoms with Crippen LogP contribution in [-0.4, -0.2) is 21.9 Å². The zero-order valence-corrected chi connectivity index (χ0v) is 9.37. The minimum absolute atomic E-state index is 0.00586. The van der Waals surface area contributed by atoms with E-state index in [9.17, 15) is 0 Å². The monoisotopic (exact) mass is 208 g/mol. The molecule has 15 heavy (non-hydrogen) atoms. The van der Waals surface area contributed by atoms with Gasteiger partial charge in [-0.3, -0.25) is 4.68 Å². The zero-order chi connectivity index (χ0) is 10.7. The van der Waals surface area contributed by atoms with Crippen LogP contribution in [0.1, 0.15) is 32.1 Å². The van der Waals surface area contributed by atoms with Gasteiger partial charge in [0.05, 0.1) is 11.9 Å². The molecule has 1 fully saturated rings. The van der Waals surface area contributed by atoms with Crippen molar-refractivity contribution in [2.45, 2.75) is 37.6 Å². The lowest BCUT2D eigenvalue weighted by atomic mass is 9.82. The first-order valence-corrected chi connectivity index (χ1v) is 5.69. The lowest BCUT2D eigenvalue weighted by molar-refractivity contribution is 0.311. The van der Waals surface area contributed by atoms with Gasteiger partial charge in [0.15, 0.2) is 0 Å². The number of anilines is 1. The molecular weight excluding hydrogens is 188 g/mol. The topological polar surface area (TPSA) is 55.9 Å². The van der Waals surface area contributed by atoms with E-state index in [-0.39, 0.29) is 5.54 Å². The summed E-state index contributed by atoms with van der Waals surface area (Å²) in [6.45, 7) is 0.860. The molecule has 84 valence electrons. The maximum Gasteiger partial charge on any atom is 0.0727 e. The molecule has 1 aliphatic rings. The second-order valence-corrected chi connectivity index (χ2v) is 4.68. The first kappa shape index (κ1) is 10.5. The summed E-state index contributed by atoms with van der Waals surface area (Å²) >= 11 is 0. The normalized spacial score (nSPS) is 20.1. The molecule has 0 amide bonds. The van der Waals surface area contributed by atoms with Crippen molar-refractivity contribution in [1.29, 1.82) is 0 Å². The van der Waals surface area contributed by atoms with Crippen LogP contribution in [0.25, 0.3) is 0 Å². The molecule has 0 aliphatic heterocycles. The summed E-state index contributed by atoms with van der Waals surface area (Å²) in [7, 11) is 1.92. The average molecular weight is 208 g/mol. The van der Waals surface area contributed by atoms with Crippen LogP contribution in [0.2, 0.25) is 0 Å². The summed E-state index contributed by atoms with van der Waals surface area (Å²) in [5.41, 5.74) is 7.38. The Morgan fingerprint density at radius 2 is 2.20 bits per heavy atom. The third-order valence-electron chi connectivity index (χ3n) is 3.20. The minimum atomic E-state index is -0.00586. The predicted molar refractivity (Wildman–Crippen MR) is 61.7 cm³/mol. The summed E-state index contributed by atoms with van der Waals surface area (Å²) in [6, 6.07) is 0. The zero-order valence-electron chi connectivity index (χ0n) is 9.37. The van der Waals surface area contributed by atoms with Gasteiger partial charge in [-0.05, 0) is 12.8 Å². The Balaban J connectivity index is 1.86. The molecule has 0 aromatic carbocycles. The van der Waals surface area contributed by atoms with Crippen LogP contribution in [0, 0.1) is 0 Å². The molecule has 1 saturated carbocycles. The maximum atomic E-state index is 6.32. The van der Waals surface area contributed by atoms with E-state index in [0.29, 0.717) is 0 Å². The van der Waals surface area contributed by atoms with Crippen molar-refractivity contribution in [2.75, 3.05) is 11.9 Å². The summed E-state index contributed by atoms with van der Waals surface area (Å²) in [5.74, 6) is 0. The van der Waals surface area contributed by atoms with E-state index in [0.717, 1.165) is 25.1 Å². The maximum absolute atomic E-state index is 6.32. The second kappa shape index (κ2) is 4.23. The summed E-state index contributed by atoms with van der Waals surface area (Å²) < 4.78 is 1.80. The van der Waals surface area contributed by atoms with Crippen molar-refractivity contribution in [3.8, 4) is 0 Å². The molecule has 0 saturated heterocycles. The highest BCUT2D eigenvalue weighted by Gasteiger charge is 2.26. The number of aromatic nitrogens is 2. The molecule has 1 aliphatic carbocycles. The molecule has 0 radical (unpaired) electrons. The average Bonchev–Trinajstić information content (AvgIpc) is 2.63. The smallest absolute Gasteiger partial charge is 0.0727 e. The van der Waals surface area contributed by atoms with E-state index in [4.69, 9.17) is 5.73 Å². The number of hydrogen-bond acceptors (Lipinski definition) is 3. The lowest BCUT2D eigenvalue weighted by Gasteiger charge is -2.33. The number of aryl methyl sites for hydroxylation is 1. The largest absolute Gasteiger partial charge is 0.381 e. The molecule has 0 unspecified atom stereocenters. The number of nitrogens with two attached hydrogens (primary N) is 1.